The van der Waals surface area contributed by atoms with E-state index in [1.807, 2.05) is 0 Å². The molecule has 3 nitrogen and oxygen atoms in total. The van der Waals surface area contributed by atoms with Crippen LogP contribution in [-0.2, 0) is 26.2 Å². The highest BCUT2D eigenvalue weighted by atomic mass is 31.2. The van der Waals surface area contributed by atoms with Crippen LogP contribution in [0.2, 0.25) is 0 Å². The molecule has 0 unspecified atom stereocenters. The first-order valence-corrected chi connectivity index (χ1v) is 8.08. The van der Waals surface area contributed by atoms with Gasteiger partial charge in [0.15, 0.2) is 0 Å². The van der Waals surface area contributed by atoms with E-state index >= 15 is 0 Å². The molecule has 0 atom stereocenters. The third-order valence-corrected chi connectivity index (χ3v) is 4.65. The van der Waals surface area contributed by atoms with Crippen molar-refractivity contribution in [1.29, 1.82) is 0 Å². The molecule has 0 saturated heterocycles. The zero-order chi connectivity index (χ0) is 15.2. The van der Waals surface area contributed by atoms with Gasteiger partial charge in [0.05, 0.1) is 24.9 Å². The van der Waals surface area contributed by atoms with Gasteiger partial charge in [0.25, 0.3) is 0 Å². The molecule has 0 saturated carbocycles. The van der Waals surface area contributed by atoms with E-state index in [9.17, 15) is 17.7 Å². The largest absolute Gasteiger partial charge is 0.416 e. The lowest BCUT2D eigenvalue weighted by Crippen LogP contribution is -2.06. The Hall–Kier alpha value is -0.840. The summed E-state index contributed by atoms with van der Waals surface area (Å²) >= 11 is 0. The number of hydrogen-bond acceptors (Lipinski definition) is 3. The van der Waals surface area contributed by atoms with Crippen molar-refractivity contribution in [3.8, 4) is 0 Å². The fourth-order valence-electron chi connectivity index (χ4n) is 1.73. The first-order chi connectivity index (χ1) is 9.30. The van der Waals surface area contributed by atoms with Gasteiger partial charge in [-0.2, -0.15) is 13.2 Å². The number of aryl methyl sites for hydroxylation is 1. The molecule has 0 aliphatic rings. The lowest BCUT2D eigenvalue weighted by atomic mass is 10.1. The van der Waals surface area contributed by atoms with Crippen LogP contribution in [-0.4, -0.2) is 19.4 Å². The van der Waals surface area contributed by atoms with Crippen LogP contribution in [0, 0.1) is 0 Å². The number of benzene rings is 1. The molecule has 114 valence electrons. The molecule has 0 aliphatic heterocycles. The molecule has 1 aromatic rings. The van der Waals surface area contributed by atoms with Crippen molar-refractivity contribution in [3.63, 3.8) is 0 Å². The molecule has 7 heteroatoms. The highest BCUT2D eigenvalue weighted by Crippen LogP contribution is 2.48. The summed E-state index contributed by atoms with van der Waals surface area (Å²) in [7, 11) is -3.22. The van der Waals surface area contributed by atoms with Gasteiger partial charge in [0.1, 0.15) is 0 Å². The molecule has 0 radical (unpaired) electrons. The van der Waals surface area contributed by atoms with Crippen molar-refractivity contribution < 1.29 is 26.8 Å². The predicted octanol–water partition coefficient (Wildman–Crippen LogP) is 4.51. The third-order valence-electron chi connectivity index (χ3n) is 2.58. The number of rotatable bonds is 7. The van der Waals surface area contributed by atoms with E-state index in [-0.39, 0.29) is 25.8 Å². The van der Waals surface area contributed by atoms with E-state index in [4.69, 9.17) is 9.05 Å². The molecule has 1 rings (SSSR count). The number of alkyl halides is 3. The van der Waals surface area contributed by atoms with Gasteiger partial charge < -0.3 is 9.05 Å². The van der Waals surface area contributed by atoms with E-state index in [0.717, 1.165) is 12.1 Å². The Bertz CT molecular complexity index is 464. The summed E-state index contributed by atoms with van der Waals surface area (Å²) < 4.78 is 60.1. The average molecular weight is 310 g/mol. The summed E-state index contributed by atoms with van der Waals surface area (Å²) in [5, 5.41) is 0. The van der Waals surface area contributed by atoms with E-state index < -0.39 is 19.3 Å². The minimum Gasteiger partial charge on any atom is -0.309 e. The molecule has 0 N–H and O–H groups in total. The lowest BCUT2D eigenvalue weighted by Gasteiger charge is -2.17. The smallest absolute Gasteiger partial charge is 0.309 e. The molecule has 0 aliphatic carbocycles. The van der Waals surface area contributed by atoms with Crippen LogP contribution in [0.5, 0.6) is 0 Å². The summed E-state index contributed by atoms with van der Waals surface area (Å²) in [5.41, 5.74) is -0.253. The zero-order valence-electron chi connectivity index (χ0n) is 11.4. The van der Waals surface area contributed by atoms with Gasteiger partial charge in [-0.25, -0.2) is 0 Å². The first kappa shape index (κ1) is 17.2. The first-order valence-electron chi connectivity index (χ1n) is 6.35. The van der Waals surface area contributed by atoms with E-state index in [1.165, 1.54) is 6.07 Å². The van der Waals surface area contributed by atoms with Crippen molar-refractivity contribution in [2.75, 3.05) is 19.4 Å². The van der Waals surface area contributed by atoms with Crippen LogP contribution in [0.25, 0.3) is 0 Å². The Kier molecular flexibility index (Phi) is 6.24. The fraction of sp³-hybridized carbons (Fsp3) is 0.538. The minimum absolute atomic E-state index is 0.0655. The maximum Gasteiger partial charge on any atom is 0.416 e. The third kappa shape index (κ3) is 5.27. The van der Waals surface area contributed by atoms with Crippen LogP contribution in [0.1, 0.15) is 25.0 Å². The maximum absolute atomic E-state index is 12.6. The van der Waals surface area contributed by atoms with Gasteiger partial charge in [-0.15, -0.1) is 0 Å². The number of hydrogen-bond donors (Lipinski definition) is 0. The molecular formula is C13H18F3O3P. The van der Waals surface area contributed by atoms with Crippen LogP contribution in [0.3, 0.4) is 0 Å². The van der Waals surface area contributed by atoms with Crippen LogP contribution in [0.15, 0.2) is 24.3 Å². The highest BCUT2D eigenvalue weighted by molar-refractivity contribution is 7.53. The van der Waals surface area contributed by atoms with Gasteiger partial charge in [0.2, 0.25) is 0 Å². The van der Waals surface area contributed by atoms with Crippen molar-refractivity contribution in [2.45, 2.75) is 26.4 Å². The number of halogens is 3. The molecular weight excluding hydrogens is 292 g/mol. The summed E-state index contributed by atoms with van der Waals surface area (Å²) in [6.07, 6.45) is -4.10. The Labute approximate surface area is 116 Å². The summed E-state index contributed by atoms with van der Waals surface area (Å²) in [5.74, 6) is 0. The second-order valence-electron chi connectivity index (χ2n) is 4.12. The SMILES string of the molecule is CCOP(=O)(CCc1cccc(C(F)(F)F)c1)OCC. The van der Waals surface area contributed by atoms with E-state index in [1.54, 1.807) is 19.9 Å². The quantitative estimate of drug-likeness (QED) is 0.695. The Balaban J connectivity index is 2.76. The minimum atomic E-state index is -4.38. The molecule has 0 fully saturated rings. The van der Waals surface area contributed by atoms with E-state index in [0.29, 0.717) is 5.56 Å². The molecule has 0 amide bonds. The Morgan fingerprint density at radius 2 is 1.75 bits per heavy atom. The summed E-state index contributed by atoms with van der Waals surface area (Å²) in [6, 6.07) is 4.97. The molecule has 0 spiro atoms. The van der Waals surface area contributed by atoms with Gasteiger partial charge >= 0.3 is 13.8 Å². The maximum atomic E-state index is 12.6. The van der Waals surface area contributed by atoms with Crippen LogP contribution < -0.4 is 0 Å². The van der Waals surface area contributed by atoms with Crippen molar-refractivity contribution >= 4 is 7.60 Å². The van der Waals surface area contributed by atoms with Gasteiger partial charge in [0, 0.05) is 0 Å². The van der Waals surface area contributed by atoms with Crippen LogP contribution >= 0.6 is 7.60 Å². The van der Waals surface area contributed by atoms with Gasteiger partial charge in [-0.3, -0.25) is 4.57 Å². The Morgan fingerprint density at radius 3 is 2.25 bits per heavy atom. The normalized spacial score (nSPS) is 12.7. The molecule has 20 heavy (non-hydrogen) atoms. The van der Waals surface area contributed by atoms with Crippen molar-refractivity contribution in [2.24, 2.45) is 0 Å². The Morgan fingerprint density at radius 1 is 1.15 bits per heavy atom. The summed E-state index contributed by atoms with van der Waals surface area (Å²) in [4.78, 5) is 0. The van der Waals surface area contributed by atoms with Gasteiger partial charge in [-0.05, 0) is 31.9 Å². The second kappa shape index (κ2) is 7.25. The lowest BCUT2D eigenvalue weighted by molar-refractivity contribution is -0.137. The van der Waals surface area contributed by atoms with Crippen LogP contribution in [0.4, 0.5) is 13.2 Å². The molecule has 0 aromatic heterocycles. The van der Waals surface area contributed by atoms with Crippen molar-refractivity contribution in [1.82, 2.24) is 0 Å². The topological polar surface area (TPSA) is 35.5 Å². The van der Waals surface area contributed by atoms with Crippen molar-refractivity contribution in [3.05, 3.63) is 35.4 Å². The molecule has 0 bridgehead atoms. The highest BCUT2D eigenvalue weighted by Gasteiger charge is 2.30. The molecule has 1 aromatic carbocycles. The monoisotopic (exact) mass is 310 g/mol. The summed E-state index contributed by atoms with van der Waals surface area (Å²) in [6.45, 7) is 3.85. The fourth-order valence-corrected chi connectivity index (χ4v) is 3.38. The van der Waals surface area contributed by atoms with E-state index in [2.05, 4.69) is 0 Å². The van der Waals surface area contributed by atoms with Gasteiger partial charge in [-0.1, -0.05) is 18.2 Å². The zero-order valence-corrected chi connectivity index (χ0v) is 12.3. The average Bonchev–Trinajstić information content (AvgIpc) is 2.36. The molecule has 0 heterocycles. The second-order valence-corrected chi connectivity index (χ2v) is 6.30. The standard InChI is InChI=1S/C13H18F3O3P/c1-3-18-20(17,19-4-2)9-8-11-6-5-7-12(10-11)13(14,15)16/h5-7,10H,3-4,8-9H2,1-2H3. The predicted molar refractivity (Wildman–Crippen MR) is 70.9 cm³/mol.